The van der Waals surface area contributed by atoms with E-state index in [0.29, 0.717) is 41.4 Å². The Kier molecular flexibility index (Phi) is 6.50. The molecule has 0 aliphatic rings. The van der Waals surface area contributed by atoms with Gasteiger partial charge >= 0.3 is 5.91 Å². The van der Waals surface area contributed by atoms with Gasteiger partial charge in [-0.15, -0.1) is 0 Å². The molecular formula is C23H30N4O4. The molecule has 2 aromatic heterocycles. The molecule has 8 nitrogen and oxygen atoms in total. The topological polar surface area (TPSA) is 103 Å². The molecule has 2 N–H and O–H groups in total. The van der Waals surface area contributed by atoms with E-state index < -0.39 is 11.5 Å². The van der Waals surface area contributed by atoms with Gasteiger partial charge in [-0.05, 0) is 39.3 Å². The number of hydrogen-bond acceptors (Lipinski definition) is 5. The number of hydrogen-bond donors (Lipinski definition) is 2. The first-order valence-corrected chi connectivity index (χ1v) is 10.5. The quantitative estimate of drug-likeness (QED) is 0.423. The smallest absolute Gasteiger partial charge is 0.321 e. The predicted molar refractivity (Wildman–Crippen MR) is 119 cm³/mol. The van der Waals surface area contributed by atoms with Crippen LogP contribution in [0.2, 0.25) is 0 Å². The summed E-state index contributed by atoms with van der Waals surface area (Å²) in [5.41, 5.74) is 0.955. The van der Waals surface area contributed by atoms with E-state index in [0.717, 1.165) is 10.9 Å². The molecule has 0 spiro atoms. The number of carbonyl (C=O) groups is 1. The zero-order chi connectivity index (χ0) is 22.8. The van der Waals surface area contributed by atoms with Gasteiger partial charge in [-0.1, -0.05) is 13.8 Å². The second kappa shape index (κ2) is 8.93. The fourth-order valence-corrected chi connectivity index (χ4v) is 3.27. The molecule has 3 rings (SSSR count). The zero-order valence-corrected chi connectivity index (χ0v) is 18.7. The Balaban J connectivity index is 1.92. The van der Waals surface area contributed by atoms with Gasteiger partial charge in [0.2, 0.25) is 0 Å². The zero-order valence-electron chi connectivity index (χ0n) is 18.7. The van der Waals surface area contributed by atoms with E-state index in [2.05, 4.69) is 10.4 Å². The number of rotatable bonds is 8. The number of amides is 1. The summed E-state index contributed by atoms with van der Waals surface area (Å²) in [5.74, 6) is -0.0314. The normalized spacial score (nSPS) is 11.8. The van der Waals surface area contributed by atoms with Gasteiger partial charge < -0.3 is 20.4 Å². The van der Waals surface area contributed by atoms with Gasteiger partial charge in [0, 0.05) is 42.2 Å². The molecule has 1 amide bonds. The number of pyridine rings is 1. The summed E-state index contributed by atoms with van der Waals surface area (Å²) in [5, 5.41) is 30.7. The van der Waals surface area contributed by atoms with Crippen molar-refractivity contribution in [2.45, 2.75) is 59.1 Å². The standard InChI is InChI=1S/C23H30N4O4/c1-6-31-21-13-17-16(14-26(25-17)11-10-23(4,5)29)12-18(21)24-22(28)20-9-7-8-19(15(2)3)27(20)30/h7-9,12-15,29H,6,10-11H2,1-5H3,(H,24,28). The highest BCUT2D eigenvalue weighted by Crippen LogP contribution is 2.30. The molecule has 166 valence electrons. The number of aromatic nitrogens is 3. The van der Waals surface area contributed by atoms with Crippen molar-refractivity contribution in [2.75, 3.05) is 11.9 Å². The van der Waals surface area contributed by atoms with E-state index in [1.54, 1.807) is 42.8 Å². The summed E-state index contributed by atoms with van der Waals surface area (Å²) in [6, 6.07) is 8.48. The molecule has 0 aliphatic carbocycles. The van der Waals surface area contributed by atoms with Crippen LogP contribution in [-0.4, -0.2) is 33.0 Å². The molecular weight excluding hydrogens is 396 g/mol. The van der Waals surface area contributed by atoms with Crippen molar-refractivity contribution in [2.24, 2.45) is 0 Å². The first kappa shape index (κ1) is 22.6. The summed E-state index contributed by atoms with van der Waals surface area (Å²) in [7, 11) is 0. The maximum absolute atomic E-state index is 12.9. The third kappa shape index (κ3) is 5.32. The maximum Gasteiger partial charge on any atom is 0.321 e. The van der Waals surface area contributed by atoms with E-state index in [1.807, 2.05) is 27.0 Å². The van der Waals surface area contributed by atoms with Crippen LogP contribution in [-0.2, 0) is 6.54 Å². The van der Waals surface area contributed by atoms with Crippen LogP contribution in [0.3, 0.4) is 0 Å². The Bertz CT molecular complexity index is 1080. The lowest BCUT2D eigenvalue weighted by atomic mass is 10.1. The predicted octanol–water partition coefficient (Wildman–Crippen LogP) is 3.61. The van der Waals surface area contributed by atoms with Crippen LogP contribution in [0.15, 0.2) is 36.5 Å². The Hall–Kier alpha value is -3.13. The van der Waals surface area contributed by atoms with Crippen molar-refractivity contribution in [3.8, 4) is 5.75 Å². The highest BCUT2D eigenvalue weighted by molar-refractivity contribution is 6.04. The number of anilines is 1. The summed E-state index contributed by atoms with van der Waals surface area (Å²) < 4.78 is 8.15. The average Bonchev–Trinajstić information content (AvgIpc) is 3.08. The molecule has 0 saturated heterocycles. The van der Waals surface area contributed by atoms with Crippen molar-refractivity contribution >= 4 is 22.5 Å². The summed E-state index contributed by atoms with van der Waals surface area (Å²) >= 11 is 0. The lowest BCUT2D eigenvalue weighted by Crippen LogP contribution is -2.41. The van der Waals surface area contributed by atoms with Crippen LogP contribution in [0, 0.1) is 5.21 Å². The largest absolute Gasteiger partial charge is 0.618 e. The van der Waals surface area contributed by atoms with Crippen LogP contribution in [0.5, 0.6) is 5.75 Å². The molecule has 8 heteroatoms. The Morgan fingerprint density at radius 3 is 2.74 bits per heavy atom. The molecule has 2 heterocycles. The Labute approximate surface area is 182 Å². The molecule has 0 saturated carbocycles. The monoisotopic (exact) mass is 426 g/mol. The van der Waals surface area contributed by atoms with Crippen molar-refractivity contribution in [3.63, 3.8) is 0 Å². The highest BCUT2D eigenvalue weighted by atomic mass is 16.5. The number of aryl methyl sites for hydroxylation is 1. The van der Waals surface area contributed by atoms with Gasteiger partial charge in [-0.25, -0.2) is 0 Å². The lowest BCUT2D eigenvalue weighted by Gasteiger charge is -2.16. The van der Waals surface area contributed by atoms with Crippen molar-refractivity contribution < 1.29 is 19.4 Å². The van der Waals surface area contributed by atoms with Crippen LogP contribution in [0.25, 0.3) is 10.9 Å². The molecule has 0 fully saturated rings. The van der Waals surface area contributed by atoms with Gasteiger partial charge in [-0.2, -0.15) is 9.83 Å². The van der Waals surface area contributed by atoms with E-state index in [1.165, 1.54) is 6.07 Å². The fourth-order valence-electron chi connectivity index (χ4n) is 3.27. The molecule has 1 aromatic carbocycles. The van der Waals surface area contributed by atoms with E-state index in [9.17, 15) is 15.1 Å². The van der Waals surface area contributed by atoms with Crippen LogP contribution in [0.1, 0.15) is 63.1 Å². The highest BCUT2D eigenvalue weighted by Gasteiger charge is 2.22. The third-order valence-electron chi connectivity index (χ3n) is 4.95. The second-order valence-corrected chi connectivity index (χ2v) is 8.53. The van der Waals surface area contributed by atoms with Gasteiger partial charge in [-0.3, -0.25) is 9.48 Å². The molecule has 0 bridgehead atoms. The summed E-state index contributed by atoms with van der Waals surface area (Å²) in [6.45, 7) is 10.2. The van der Waals surface area contributed by atoms with E-state index >= 15 is 0 Å². The summed E-state index contributed by atoms with van der Waals surface area (Å²) in [6.07, 6.45) is 2.41. The molecule has 3 aromatic rings. The first-order valence-electron chi connectivity index (χ1n) is 10.5. The Morgan fingerprint density at radius 1 is 1.35 bits per heavy atom. The minimum atomic E-state index is -0.786. The average molecular weight is 427 g/mol. The van der Waals surface area contributed by atoms with Crippen LogP contribution in [0.4, 0.5) is 5.69 Å². The van der Waals surface area contributed by atoms with Crippen molar-refractivity contribution in [1.29, 1.82) is 0 Å². The van der Waals surface area contributed by atoms with Gasteiger partial charge in [0.05, 0.1) is 23.4 Å². The maximum atomic E-state index is 12.9. The van der Waals surface area contributed by atoms with Gasteiger partial charge in [0.25, 0.3) is 5.69 Å². The Morgan fingerprint density at radius 2 is 2.10 bits per heavy atom. The minimum absolute atomic E-state index is 0.00433. The number of nitrogens with one attached hydrogen (secondary N) is 1. The number of fused-ring (bicyclic) bond motifs is 1. The van der Waals surface area contributed by atoms with Crippen molar-refractivity contribution in [3.05, 3.63) is 53.1 Å². The third-order valence-corrected chi connectivity index (χ3v) is 4.95. The van der Waals surface area contributed by atoms with Crippen molar-refractivity contribution in [1.82, 2.24) is 9.78 Å². The van der Waals surface area contributed by atoms with E-state index in [4.69, 9.17) is 4.74 Å². The lowest BCUT2D eigenvalue weighted by molar-refractivity contribution is -0.617. The molecule has 0 unspecified atom stereocenters. The van der Waals surface area contributed by atoms with Crippen LogP contribution < -0.4 is 14.8 Å². The van der Waals surface area contributed by atoms with Crippen LogP contribution >= 0.6 is 0 Å². The number of aliphatic hydroxyl groups is 1. The van der Waals surface area contributed by atoms with Gasteiger partial charge in [0.1, 0.15) is 5.75 Å². The molecule has 0 aliphatic heterocycles. The number of nitrogens with zero attached hydrogens (tertiary/aromatic N) is 3. The SMILES string of the molecule is CCOc1cc2nn(CCC(C)(C)O)cc2cc1NC(=O)c1cccc(C(C)C)[n+]1[O-]. The second-order valence-electron chi connectivity index (χ2n) is 8.53. The number of carbonyl (C=O) groups excluding carboxylic acids is 1. The molecule has 0 radical (unpaired) electrons. The summed E-state index contributed by atoms with van der Waals surface area (Å²) in [4.78, 5) is 12.9. The molecule has 31 heavy (non-hydrogen) atoms. The first-order chi connectivity index (χ1) is 14.6. The number of benzene rings is 1. The van der Waals surface area contributed by atoms with Gasteiger partial charge in [0.15, 0.2) is 5.69 Å². The fraction of sp³-hybridized carbons (Fsp3) is 0.435. The van der Waals surface area contributed by atoms with E-state index in [-0.39, 0.29) is 11.6 Å². The number of ether oxygens (including phenoxy) is 1. The minimum Gasteiger partial charge on any atom is -0.618 e. The molecule has 0 atom stereocenters.